The molecule has 1 heterocycles. The molecule has 162 valence electrons. The molecule has 0 saturated carbocycles. The molecule has 0 unspecified atom stereocenters. The molecule has 10 heteroatoms. The quantitative estimate of drug-likeness (QED) is 0.291. The predicted molar refractivity (Wildman–Crippen MR) is 127 cm³/mol. The Morgan fingerprint density at radius 3 is 2.47 bits per heavy atom. The SMILES string of the molecule is COc1ccc(NC(=O)c2nnc(-c3ccccc3)o2)cc1SNc1c(Cl)cccc1Cl. The zero-order valence-corrected chi connectivity index (χ0v) is 19.0. The molecule has 0 radical (unpaired) electrons. The van der Waals surface area contributed by atoms with E-state index in [1.165, 1.54) is 11.9 Å². The highest BCUT2D eigenvalue weighted by molar-refractivity contribution is 8.00. The van der Waals surface area contributed by atoms with Crippen LogP contribution in [0.15, 0.2) is 76.0 Å². The Hall–Kier alpha value is -3.20. The van der Waals surface area contributed by atoms with Crippen molar-refractivity contribution < 1.29 is 13.9 Å². The summed E-state index contributed by atoms with van der Waals surface area (Å²) in [6.45, 7) is 0. The van der Waals surface area contributed by atoms with E-state index in [0.717, 1.165) is 5.56 Å². The van der Waals surface area contributed by atoms with Crippen LogP contribution in [0, 0.1) is 0 Å². The summed E-state index contributed by atoms with van der Waals surface area (Å²) < 4.78 is 14.0. The number of carbonyl (C=O) groups is 1. The van der Waals surface area contributed by atoms with Crippen molar-refractivity contribution in [2.24, 2.45) is 0 Å². The van der Waals surface area contributed by atoms with Crippen molar-refractivity contribution in [2.75, 3.05) is 17.1 Å². The number of halogens is 2. The van der Waals surface area contributed by atoms with Gasteiger partial charge in [0.25, 0.3) is 0 Å². The van der Waals surface area contributed by atoms with Gasteiger partial charge in [0.2, 0.25) is 5.89 Å². The van der Waals surface area contributed by atoms with Gasteiger partial charge in [-0.15, -0.1) is 10.2 Å². The first-order chi connectivity index (χ1) is 15.5. The van der Waals surface area contributed by atoms with Crippen LogP contribution >= 0.6 is 35.1 Å². The number of benzene rings is 3. The molecule has 4 aromatic rings. The summed E-state index contributed by atoms with van der Waals surface area (Å²) in [5, 5.41) is 11.5. The topological polar surface area (TPSA) is 89.3 Å². The molecule has 0 aliphatic carbocycles. The minimum absolute atomic E-state index is 0.144. The molecule has 7 nitrogen and oxygen atoms in total. The number of hydrogen-bond acceptors (Lipinski definition) is 7. The van der Waals surface area contributed by atoms with Gasteiger partial charge in [0, 0.05) is 11.3 Å². The second-order valence-corrected chi connectivity index (χ2v) is 8.06. The first kappa shape index (κ1) is 22.0. The number of rotatable bonds is 7. The predicted octanol–water partition coefficient (Wildman–Crippen LogP) is 6.42. The van der Waals surface area contributed by atoms with Crippen molar-refractivity contribution in [3.05, 3.63) is 82.7 Å². The number of ether oxygens (including phenoxy) is 1. The maximum atomic E-state index is 12.6. The van der Waals surface area contributed by atoms with Crippen LogP contribution in [0.3, 0.4) is 0 Å². The van der Waals surface area contributed by atoms with Crippen molar-refractivity contribution >= 4 is 52.4 Å². The lowest BCUT2D eigenvalue weighted by Crippen LogP contribution is -2.12. The summed E-state index contributed by atoms with van der Waals surface area (Å²) in [5.41, 5.74) is 1.83. The number of methoxy groups -OCH3 is 1. The number of nitrogens with zero attached hydrogens (tertiary/aromatic N) is 2. The van der Waals surface area contributed by atoms with Crippen LogP contribution in [0.4, 0.5) is 11.4 Å². The average molecular weight is 487 g/mol. The average Bonchev–Trinajstić information content (AvgIpc) is 3.30. The molecule has 1 amide bonds. The largest absolute Gasteiger partial charge is 0.496 e. The Bertz CT molecular complexity index is 1230. The molecule has 0 bridgehead atoms. The normalized spacial score (nSPS) is 10.6. The highest BCUT2D eigenvalue weighted by Crippen LogP contribution is 2.37. The van der Waals surface area contributed by atoms with Gasteiger partial charge in [0.05, 0.1) is 27.7 Å². The Morgan fingerprint density at radius 1 is 1.00 bits per heavy atom. The summed E-state index contributed by atoms with van der Waals surface area (Å²) in [6.07, 6.45) is 0. The molecule has 32 heavy (non-hydrogen) atoms. The third kappa shape index (κ3) is 4.99. The molecule has 2 N–H and O–H groups in total. The monoisotopic (exact) mass is 486 g/mol. The van der Waals surface area contributed by atoms with E-state index in [4.69, 9.17) is 32.4 Å². The van der Waals surface area contributed by atoms with Crippen LogP contribution in [-0.4, -0.2) is 23.2 Å². The maximum Gasteiger partial charge on any atom is 0.313 e. The Kier molecular flexibility index (Phi) is 6.84. The van der Waals surface area contributed by atoms with Gasteiger partial charge in [-0.25, -0.2) is 0 Å². The van der Waals surface area contributed by atoms with Crippen molar-refractivity contribution in [3.63, 3.8) is 0 Å². The van der Waals surface area contributed by atoms with E-state index in [9.17, 15) is 4.79 Å². The van der Waals surface area contributed by atoms with Gasteiger partial charge in [-0.2, -0.15) is 0 Å². The molecule has 0 saturated heterocycles. The van der Waals surface area contributed by atoms with Crippen LogP contribution in [0.25, 0.3) is 11.5 Å². The summed E-state index contributed by atoms with van der Waals surface area (Å²) in [7, 11) is 1.56. The number of amides is 1. The van der Waals surface area contributed by atoms with Gasteiger partial charge >= 0.3 is 11.8 Å². The summed E-state index contributed by atoms with van der Waals surface area (Å²) in [4.78, 5) is 13.3. The third-order valence-electron chi connectivity index (χ3n) is 4.29. The molecule has 0 atom stereocenters. The lowest BCUT2D eigenvalue weighted by molar-refractivity contribution is 0.0991. The van der Waals surface area contributed by atoms with Gasteiger partial charge in [-0.05, 0) is 54.4 Å². The lowest BCUT2D eigenvalue weighted by atomic mass is 10.2. The molecule has 0 aliphatic heterocycles. The fraction of sp³-hybridized carbons (Fsp3) is 0.0455. The Balaban J connectivity index is 1.50. The minimum atomic E-state index is -0.525. The van der Waals surface area contributed by atoms with Crippen LogP contribution < -0.4 is 14.8 Å². The highest BCUT2D eigenvalue weighted by atomic mass is 35.5. The maximum absolute atomic E-state index is 12.6. The fourth-order valence-corrected chi connectivity index (χ4v) is 4.21. The van der Waals surface area contributed by atoms with Gasteiger partial charge in [-0.1, -0.05) is 47.5 Å². The van der Waals surface area contributed by atoms with Gasteiger partial charge in [0.15, 0.2) is 0 Å². The van der Waals surface area contributed by atoms with E-state index >= 15 is 0 Å². The summed E-state index contributed by atoms with van der Waals surface area (Å²) in [6, 6.07) is 19.6. The summed E-state index contributed by atoms with van der Waals surface area (Å²) in [5.74, 6) is 0.202. The van der Waals surface area contributed by atoms with Crippen LogP contribution in [-0.2, 0) is 0 Å². The first-order valence-electron chi connectivity index (χ1n) is 9.30. The van der Waals surface area contributed by atoms with Gasteiger partial charge < -0.3 is 19.2 Å². The second-order valence-electron chi connectivity index (χ2n) is 6.40. The van der Waals surface area contributed by atoms with E-state index in [-0.39, 0.29) is 11.8 Å². The van der Waals surface area contributed by atoms with E-state index in [1.54, 1.807) is 43.5 Å². The summed E-state index contributed by atoms with van der Waals surface area (Å²) >= 11 is 13.7. The Labute approximate surface area is 198 Å². The molecule has 1 aromatic heterocycles. The minimum Gasteiger partial charge on any atom is -0.496 e. The van der Waals surface area contributed by atoms with Crippen molar-refractivity contribution in [3.8, 4) is 17.2 Å². The Morgan fingerprint density at radius 2 is 1.75 bits per heavy atom. The molecule has 0 aliphatic rings. The number of para-hydroxylation sites is 1. The molecule has 0 fully saturated rings. The van der Waals surface area contributed by atoms with E-state index in [0.29, 0.717) is 32.1 Å². The van der Waals surface area contributed by atoms with E-state index in [2.05, 4.69) is 20.2 Å². The standard InChI is InChI=1S/C22H16Cl2N4O3S/c1-30-17-11-10-14(12-18(17)32-28-19-15(23)8-5-9-16(19)24)25-20(29)22-27-26-21(31-22)13-6-3-2-4-7-13/h2-12,28H,1H3,(H,25,29). The van der Waals surface area contributed by atoms with Crippen molar-refractivity contribution in [2.45, 2.75) is 4.90 Å². The van der Waals surface area contributed by atoms with Crippen molar-refractivity contribution in [1.29, 1.82) is 0 Å². The number of nitrogens with one attached hydrogen (secondary N) is 2. The molecule has 4 rings (SSSR count). The van der Waals surface area contributed by atoms with Crippen LogP contribution in [0.5, 0.6) is 5.75 Å². The van der Waals surface area contributed by atoms with Gasteiger partial charge in [0.1, 0.15) is 5.75 Å². The number of anilines is 2. The number of hydrogen-bond donors (Lipinski definition) is 2. The molecule has 3 aromatic carbocycles. The molecular formula is C22H16Cl2N4O3S. The zero-order valence-electron chi connectivity index (χ0n) is 16.6. The van der Waals surface area contributed by atoms with Gasteiger partial charge in [-0.3, -0.25) is 4.79 Å². The smallest absolute Gasteiger partial charge is 0.313 e. The molecule has 0 spiro atoms. The first-order valence-corrected chi connectivity index (χ1v) is 10.9. The highest BCUT2D eigenvalue weighted by Gasteiger charge is 2.17. The second kappa shape index (κ2) is 9.95. The van der Waals surface area contributed by atoms with E-state index < -0.39 is 5.91 Å². The van der Waals surface area contributed by atoms with Crippen LogP contribution in [0.2, 0.25) is 10.0 Å². The number of carbonyl (C=O) groups excluding carboxylic acids is 1. The van der Waals surface area contributed by atoms with Crippen molar-refractivity contribution in [1.82, 2.24) is 10.2 Å². The lowest BCUT2D eigenvalue weighted by Gasteiger charge is -2.13. The van der Waals surface area contributed by atoms with Crippen LogP contribution in [0.1, 0.15) is 10.7 Å². The molecular weight excluding hydrogens is 471 g/mol. The fourth-order valence-electron chi connectivity index (χ4n) is 2.73. The zero-order chi connectivity index (χ0) is 22.5. The van der Waals surface area contributed by atoms with E-state index in [1.807, 2.05) is 30.3 Å². The number of aromatic nitrogens is 2. The third-order valence-corrected chi connectivity index (χ3v) is 5.76.